The Kier molecular flexibility index (Phi) is 2.89. The first-order valence-corrected chi connectivity index (χ1v) is 4.21. The molecule has 0 aromatic carbocycles. The first-order valence-electron chi connectivity index (χ1n) is 4.21. The molecule has 1 heteroatoms. The van der Waals surface area contributed by atoms with Crippen LogP contribution in [0.3, 0.4) is 0 Å². The van der Waals surface area contributed by atoms with E-state index in [1.807, 2.05) is 0 Å². The van der Waals surface area contributed by atoms with Crippen LogP contribution in [0.1, 0.15) is 19.8 Å². The van der Waals surface area contributed by atoms with Crippen LogP contribution in [0.15, 0.2) is 24.8 Å². The van der Waals surface area contributed by atoms with Crippen molar-refractivity contribution in [3.63, 3.8) is 0 Å². The molecule has 1 N–H and O–H groups in total. The zero-order valence-electron chi connectivity index (χ0n) is 7.03. The minimum atomic E-state index is -0.353. The highest BCUT2D eigenvalue weighted by molar-refractivity contribution is 5.01. The van der Waals surface area contributed by atoms with E-state index in [0.29, 0.717) is 11.8 Å². The van der Waals surface area contributed by atoms with Crippen LogP contribution in [0.2, 0.25) is 0 Å². The maximum Gasteiger partial charge on any atom is 0.0780 e. The quantitative estimate of drug-likeness (QED) is 0.601. The van der Waals surface area contributed by atoms with E-state index in [1.54, 1.807) is 6.08 Å². The monoisotopic (exact) mass is 152 g/mol. The van der Waals surface area contributed by atoms with Gasteiger partial charge < -0.3 is 5.11 Å². The lowest BCUT2D eigenvalue weighted by atomic mass is 9.85. The Morgan fingerprint density at radius 2 is 2.45 bits per heavy atom. The van der Waals surface area contributed by atoms with Gasteiger partial charge in [0.15, 0.2) is 0 Å². The van der Waals surface area contributed by atoms with Crippen molar-refractivity contribution < 1.29 is 5.11 Å². The molecule has 0 spiro atoms. The minimum absolute atomic E-state index is 0.302. The van der Waals surface area contributed by atoms with Crippen molar-refractivity contribution in [3.05, 3.63) is 24.8 Å². The van der Waals surface area contributed by atoms with E-state index in [0.717, 1.165) is 12.8 Å². The first kappa shape index (κ1) is 8.54. The molecule has 0 bridgehead atoms. The van der Waals surface area contributed by atoms with Crippen molar-refractivity contribution in [1.29, 1.82) is 0 Å². The smallest absolute Gasteiger partial charge is 0.0780 e. The third kappa shape index (κ3) is 2.19. The fourth-order valence-corrected chi connectivity index (χ4v) is 1.55. The molecule has 1 aliphatic rings. The summed E-state index contributed by atoms with van der Waals surface area (Å²) in [6, 6.07) is 0. The van der Waals surface area contributed by atoms with Gasteiger partial charge in [0, 0.05) is 5.92 Å². The van der Waals surface area contributed by atoms with Gasteiger partial charge in [0.2, 0.25) is 0 Å². The Balaban J connectivity index is 2.52. The van der Waals surface area contributed by atoms with Gasteiger partial charge in [-0.15, -0.1) is 6.58 Å². The van der Waals surface area contributed by atoms with Gasteiger partial charge in [-0.1, -0.05) is 25.2 Å². The Morgan fingerprint density at radius 1 is 1.73 bits per heavy atom. The highest BCUT2D eigenvalue weighted by Crippen LogP contribution is 2.25. The van der Waals surface area contributed by atoms with Crippen LogP contribution in [0.5, 0.6) is 0 Å². The van der Waals surface area contributed by atoms with Gasteiger partial charge in [0.25, 0.3) is 0 Å². The summed E-state index contributed by atoms with van der Waals surface area (Å²) >= 11 is 0. The minimum Gasteiger partial charge on any atom is -0.388 e. The summed E-state index contributed by atoms with van der Waals surface area (Å²) < 4.78 is 0. The number of hydrogen-bond acceptors (Lipinski definition) is 1. The van der Waals surface area contributed by atoms with Crippen molar-refractivity contribution in [1.82, 2.24) is 0 Å². The highest BCUT2D eigenvalue weighted by Gasteiger charge is 2.18. The van der Waals surface area contributed by atoms with Crippen LogP contribution < -0.4 is 0 Å². The SMILES string of the molecule is C=CC(O)C1C=CCC(C)C1. The molecule has 1 rings (SSSR count). The zero-order chi connectivity index (χ0) is 8.27. The van der Waals surface area contributed by atoms with Gasteiger partial charge in [0.05, 0.1) is 6.10 Å². The Bertz CT molecular complexity index is 160. The molecule has 62 valence electrons. The van der Waals surface area contributed by atoms with Crippen LogP contribution in [-0.2, 0) is 0 Å². The maximum absolute atomic E-state index is 9.43. The average molecular weight is 152 g/mol. The summed E-state index contributed by atoms with van der Waals surface area (Å²) in [5, 5.41) is 9.43. The summed E-state index contributed by atoms with van der Waals surface area (Å²) in [6.07, 6.45) is 7.77. The summed E-state index contributed by atoms with van der Waals surface area (Å²) in [5.74, 6) is 1.01. The number of hydrogen-bond donors (Lipinski definition) is 1. The summed E-state index contributed by atoms with van der Waals surface area (Å²) in [7, 11) is 0. The van der Waals surface area contributed by atoms with E-state index in [9.17, 15) is 5.11 Å². The van der Waals surface area contributed by atoms with E-state index in [4.69, 9.17) is 0 Å². The van der Waals surface area contributed by atoms with E-state index in [1.165, 1.54) is 0 Å². The molecule has 0 fully saturated rings. The second kappa shape index (κ2) is 3.72. The second-order valence-electron chi connectivity index (χ2n) is 3.39. The molecule has 1 nitrogen and oxygen atoms in total. The fourth-order valence-electron chi connectivity index (χ4n) is 1.55. The van der Waals surface area contributed by atoms with Gasteiger partial charge in [-0.3, -0.25) is 0 Å². The topological polar surface area (TPSA) is 20.2 Å². The molecule has 3 unspecified atom stereocenters. The van der Waals surface area contributed by atoms with Gasteiger partial charge in [-0.2, -0.15) is 0 Å². The van der Waals surface area contributed by atoms with Crippen molar-refractivity contribution in [2.75, 3.05) is 0 Å². The molecule has 0 aromatic rings. The largest absolute Gasteiger partial charge is 0.388 e. The van der Waals surface area contributed by atoms with Gasteiger partial charge in [-0.25, -0.2) is 0 Å². The Morgan fingerprint density at radius 3 is 3.00 bits per heavy atom. The van der Waals surface area contributed by atoms with Crippen LogP contribution in [0.4, 0.5) is 0 Å². The standard InChI is InChI=1S/C10H16O/c1-3-10(11)9-6-4-5-8(2)7-9/h3-4,6,8-11H,1,5,7H2,2H3. The lowest BCUT2D eigenvalue weighted by Gasteiger charge is -2.23. The Labute approximate surface area is 68.4 Å². The molecule has 0 aromatic heterocycles. The molecule has 0 saturated heterocycles. The van der Waals surface area contributed by atoms with E-state index in [2.05, 4.69) is 25.7 Å². The molecule has 1 aliphatic carbocycles. The molecule has 0 saturated carbocycles. The summed E-state index contributed by atoms with van der Waals surface area (Å²) in [5.41, 5.74) is 0. The Hall–Kier alpha value is -0.560. The third-order valence-corrected chi connectivity index (χ3v) is 2.28. The van der Waals surface area contributed by atoms with Crippen molar-refractivity contribution >= 4 is 0 Å². The number of rotatable bonds is 2. The van der Waals surface area contributed by atoms with Gasteiger partial charge in [-0.05, 0) is 18.8 Å². The summed E-state index contributed by atoms with van der Waals surface area (Å²) in [4.78, 5) is 0. The molecule has 0 heterocycles. The van der Waals surface area contributed by atoms with Crippen LogP contribution in [0, 0.1) is 11.8 Å². The normalized spacial score (nSPS) is 33.3. The summed E-state index contributed by atoms with van der Waals surface area (Å²) in [6.45, 7) is 5.79. The van der Waals surface area contributed by atoms with Crippen molar-refractivity contribution in [2.24, 2.45) is 11.8 Å². The van der Waals surface area contributed by atoms with E-state index >= 15 is 0 Å². The van der Waals surface area contributed by atoms with Crippen LogP contribution >= 0.6 is 0 Å². The van der Waals surface area contributed by atoms with Crippen LogP contribution in [-0.4, -0.2) is 11.2 Å². The van der Waals surface area contributed by atoms with Gasteiger partial charge in [0.1, 0.15) is 0 Å². The van der Waals surface area contributed by atoms with Crippen molar-refractivity contribution in [3.8, 4) is 0 Å². The molecule has 11 heavy (non-hydrogen) atoms. The zero-order valence-corrected chi connectivity index (χ0v) is 7.03. The van der Waals surface area contributed by atoms with E-state index in [-0.39, 0.29) is 6.10 Å². The van der Waals surface area contributed by atoms with Gasteiger partial charge >= 0.3 is 0 Å². The van der Waals surface area contributed by atoms with Crippen LogP contribution in [0.25, 0.3) is 0 Å². The first-order chi connectivity index (χ1) is 5.24. The lowest BCUT2D eigenvalue weighted by molar-refractivity contribution is 0.158. The second-order valence-corrected chi connectivity index (χ2v) is 3.39. The average Bonchev–Trinajstić information content (AvgIpc) is 2.03. The fraction of sp³-hybridized carbons (Fsp3) is 0.600. The third-order valence-electron chi connectivity index (χ3n) is 2.28. The molecular weight excluding hydrogens is 136 g/mol. The molecule has 0 amide bonds. The predicted molar refractivity (Wildman–Crippen MR) is 47.2 cm³/mol. The lowest BCUT2D eigenvalue weighted by Crippen LogP contribution is -2.20. The molecule has 0 radical (unpaired) electrons. The number of allylic oxidation sites excluding steroid dienone is 1. The van der Waals surface area contributed by atoms with Crippen molar-refractivity contribution in [2.45, 2.75) is 25.9 Å². The maximum atomic E-state index is 9.43. The van der Waals surface area contributed by atoms with E-state index < -0.39 is 0 Å². The molecular formula is C10H16O. The highest BCUT2D eigenvalue weighted by atomic mass is 16.3. The molecule has 3 atom stereocenters. The number of aliphatic hydroxyl groups excluding tert-OH is 1. The predicted octanol–water partition coefficient (Wildman–Crippen LogP) is 2.14. The molecule has 0 aliphatic heterocycles. The number of aliphatic hydroxyl groups is 1.